The number of benzene rings is 2. The molecule has 2 amide bonds. The highest BCUT2D eigenvalue weighted by atomic mass is 35.5. The molecule has 1 fully saturated rings. The van der Waals surface area contributed by atoms with Gasteiger partial charge in [-0.25, -0.2) is 9.67 Å². The number of amides is 2. The summed E-state index contributed by atoms with van der Waals surface area (Å²) in [6.07, 6.45) is -3.35. The maximum Gasteiger partial charge on any atom is 0.433 e. The number of anilines is 1. The normalized spacial score (nSPS) is 17.6. The molecule has 2 N–H and O–H groups in total. The summed E-state index contributed by atoms with van der Waals surface area (Å²) in [5.74, 6) is -0.731. The van der Waals surface area contributed by atoms with Crippen molar-refractivity contribution in [2.75, 3.05) is 25.5 Å². The minimum Gasteiger partial charge on any atom is -0.494 e. The van der Waals surface area contributed by atoms with Gasteiger partial charge in [-0.2, -0.15) is 27.1 Å². The first-order chi connectivity index (χ1) is 19.8. The number of nitrogens with zero attached hydrogens (tertiary/aromatic N) is 4. The smallest absolute Gasteiger partial charge is 0.433 e. The Labute approximate surface area is 240 Å². The molecule has 5 rings (SSSR count). The van der Waals surface area contributed by atoms with Crippen LogP contribution in [0.3, 0.4) is 0 Å². The van der Waals surface area contributed by atoms with E-state index in [1.54, 1.807) is 0 Å². The minimum absolute atomic E-state index is 0.0836. The molecule has 2 aromatic carbocycles. The molecule has 0 spiro atoms. The van der Waals surface area contributed by atoms with Gasteiger partial charge in [-0.3, -0.25) is 9.59 Å². The Hall–Kier alpha value is -4.20. The predicted molar refractivity (Wildman–Crippen MR) is 145 cm³/mol. The van der Waals surface area contributed by atoms with Gasteiger partial charge in [-0.1, -0.05) is 11.6 Å². The first kappa shape index (κ1) is 29.3. The minimum atomic E-state index is -4.70. The fourth-order valence-electron chi connectivity index (χ4n) is 5.02. The Balaban J connectivity index is 1.42. The van der Waals surface area contributed by atoms with Crippen LogP contribution < -0.4 is 15.4 Å². The highest BCUT2D eigenvalue weighted by molar-refractivity contribution is 6.31. The number of methoxy groups -OCH3 is 1. The quantitative estimate of drug-likeness (QED) is 0.280. The van der Waals surface area contributed by atoms with E-state index < -0.39 is 36.4 Å². The van der Waals surface area contributed by atoms with Crippen molar-refractivity contribution >= 4 is 50.9 Å². The van der Waals surface area contributed by atoms with Crippen LogP contribution in [0.4, 0.5) is 27.6 Å². The van der Waals surface area contributed by atoms with E-state index in [2.05, 4.69) is 20.7 Å². The molecule has 0 bridgehead atoms. The van der Waals surface area contributed by atoms with E-state index in [0.717, 1.165) is 12.3 Å². The molecule has 9 nitrogen and oxygen atoms in total. The summed E-state index contributed by atoms with van der Waals surface area (Å²) in [6.45, 7) is -1.22. The average molecular weight is 611 g/mol. The van der Waals surface area contributed by atoms with E-state index in [1.165, 1.54) is 49.3 Å². The summed E-state index contributed by atoms with van der Waals surface area (Å²) in [4.78, 5) is 30.8. The van der Waals surface area contributed by atoms with E-state index in [4.69, 9.17) is 16.3 Å². The number of rotatable bonds is 6. The first-order valence-corrected chi connectivity index (χ1v) is 13.1. The Morgan fingerprint density at radius 2 is 1.86 bits per heavy atom. The number of ether oxygens (including phenoxy) is 1. The van der Waals surface area contributed by atoms with E-state index in [9.17, 15) is 31.5 Å². The van der Waals surface area contributed by atoms with Gasteiger partial charge < -0.3 is 20.3 Å². The number of aromatic nitrogens is 3. The van der Waals surface area contributed by atoms with Crippen LogP contribution in [0, 0.1) is 0 Å². The zero-order chi connectivity index (χ0) is 30.3. The van der Waals surface area contributed by atoms with Crippen molar-refractivity contribution < 1.29 is 36.3 Å². The van der Waals surface area contributed by atoms with E-state index in [1.807, 2.05) is 0 Å². The maximum atomic E-state index is 13.6. The zero-order valence-corrected chi connectivity index (χ0v) is 22.9. The van der Waals surface area contributed by atoms with Crippen molar-refractivity contribution in [1.29, 1.82) is 0 Å². The third kappa shape index (κ3) is 6.03. The van der Waals surface area contributed by atoms with Crippen LogP contribution in [0.25, 0.3) is 21.8 Å². The summed E-state index contributed by atoms with van der Waals surface area (Å²) < 4.78 is 72.9. The van der Waals surface area contributed by atoms with Gasteiger partial charge in [-0.15, -0.1) is 0 Å². The molecule has 42 heavy (non-hydrogen) atoms. The van der Waals surface area contributed by atoms with Gasteiger partial charge in [0.2, 0.25) is 5.91 Å². The molecule has 0 saturated carbocycles. The fourth-order valence-corrected chi connectivity index (χ4v) is 5.20. The van der Waals surface area contributed by atoms with Gasteiger partial charge in [-0.05, 0) is 42.8 Å². The number of hydrogen-bond donors (Lipinski definition) is 2. The highest BCUT2D eigenvalue weighted by Gasteiger charge is 2.35. The second kappa shape index (κ2) is 11.2. The van der Waals surface area contributed by atoms with Gasteiger partial charge in [0.15, 0.2) is 0 Å². The third-order valence-corrected chi connectivity index (χ3v) is 7.16. The number of fused-ring (bicyclic) bond motifs is 2. The Kier molecular flexibility index (Phi) is 7.84. The molecule has 3 heterocycles. The van der Waals surface area contributed by atoms with Crippen molar-refractivity contribution in [3.63, 3.8) is 0 Å². The lowest BCUT2D eigenvalue weighted by Gasteiger charge is -2.38. The summed E-state index contributed by atoms with van der Waals surface area (Å²) >= 11 is 6.11. The second-order valence-electron chi connectivity index (χ2n) is 9.89. The largest absolute Gasteiger partial charge is 0.494 e. The monoisotopic (exact) mass is 610 g/mol. The lowest BCUT2D eigenvalue weighted by Crippen LogP contribution is -2.55. The summed E-state index contributed by atoms with van der Waals surface area (Å²) in [6, 6.07) is 6.82. The number of carbonyl (C=O) groups excluding carboxylic acids is 2. The standard InChI is InChI=1S/C27H24ClF5N6O3/c1-13(40)38-11-17(34-21-9-23(27(31,32)33)36-20-4-3-16(28)7-19(20)21)8-18(12-38)35-25(41)14-5-15-10-39(26(29)30)37-24(15)22(6-14)42-2/h3-7,9-10,17-18,26H,8,11-12H2,1-2H3,(H,34,36)(H,35,41)/t17-,18+/m1/s1. The van der Waals surface area contributed by atoms with Crippen LogP contribution in [-0.2, 0) is 11.0 Å². The van der Waals surface area contributed by atoms with Crippen LogP contribution in [0.1, 0.15) is 35.9 Å². The lowest BCUT2D eigenvalue weighted by atomic mass is 9.99. The number of halogens is 6. The van der Waals surface area contributed by atoms with Crippen LogP contribution in [0.15, 0.2) is 42.6 Å². The van der Waals surface area contributed by atoms with Crippen LogP contribution in [0.5, 0.6) is 5.75 Å². The first-order valence-electron chi connectivity index (χ1n) is 12.7. The molecular weight excluding hydrogens is 587 g/mol. The lowest BCUT2D eigenvalue weighted by molar-refractivity contribution is -0.140. The predicted octanol–water partition coefficient (Wildman–Crippen LogP) is 5.49. The van der Waals surface area contributed by atoms with Gasteiger partial charge >= 0.3 is 12.7 Å². The Morgan fingerprint density at radius 1 is 1.12 bits per heavy atom. The van der Waals surface area contributed by atoms with Crippen LogP contribution in [0.2, 0.25) is 5.02 Å². The topological polar surface area (TPSA) is 101 Å². The Morgan fingerprint density at radius 3 is 2.52 bits per heavy atom. The van der Waals surface area contributed by atoms with Crippen LogP contribution >= 0.6 is 11.6 Å². The number of hydrogen-bond acceptors (Lipinski definition) is 6. The van der Waals surface area contributed by atoms with E-state index >= 15 is 0 Å². The summed E-state index contributed by atoms with van der Waals surface area (Å²) in [5.41, 5.74) is -0.616. The van der Waals surface area contributed by atoms with Gasteiger partial charge in [0.25, 0.3) is 5.91 Å². The molecule has 1 saturated heterocycles. The van der Waals surface area contributed by atoms with E-state index in [-0.39, 0.29) is 58.8 Å². The molecule has 2 aromatic heterocycles. The fraction of sp³-hybridized carbons (Fsp3) is 0.333. The number of carbonyl (C=O) groups is 2. The average Bonchev–Trinajstić information content (AvgIpc) is 3.37. The van der Waals surface area contributed by atoms with Crippen LogP contribution in [-0.4, -0.2) is 63.8 Å². The molecule has 2 atom stereocenters. The molecular formula is C27H24ClF5N6O3. The molecule has 4 aromatic rings. The molecule has 0 aliphatic carbocycles. The zero-order valence-electron chi connectivity index (χ0n) is 22.2. The second-order valence-corrected chi connectivity index (χ2v) is 10.3. The van der Waals surface area contributed by atoms with E-state index in [0.29, 0.717) is 15.1 Å². The van der Waals surface area contributed by atoms with Crippen molar-refractivity contribution in [2.45, 2.75) is 38.2 Å². The third-order valence-electron chi connectivity index (χ3n) is 6.93. The van der Waals surface area contributed by atoms with Crippen molar-refractivity contribution in [1.82, 2.24) is 25.0 Å². The molecule has 1 aliphatic heterocycles. The van der Waals surface area contributed by atoms with Crippen molar-refractivity contribution in [3.05, 3.63) is 58.9 Å². The van der Waals surface area contributed by atoms with Crippen molar-refractivity contribution in [2.24, 2.45) is 0 Å². The molecule has 0 unspecified atom stereocenters. The number of nitrogens with one attached hydrogen (secondary N) is 2. The number of piperidine rings is 1. The summed E-state index contributed by atoms with van der Waals surface area (Å²) in [7, 11) is 1.32. The molecule has 222 valence electrons. The number of likely N-dealkylation sites (tertiary alicyclic amines) is 1. The molecule has 15 heteroatoms. The highest BCUT2D eigenvalue weighted by Crippen LogP contribution is 2.35. The molecule has 0 radical (unpaired) electrons. The van der Waals surface area contributed by atoms with Gasteiger partial charge in [0, 0.05) is 65.3 Å². The Bertz CT molecular complexity index is 1680. The van der Waals surface area contributed by atoms with Crippen molar-refractivity contribution in [3.8, 4) is 5.75 Å². The number of pyridine rings is 1. The summed E-state index contributed by atoms with van der Waals surface area (Å²) in [5, 5.41) is 10.7. The SMILES string of the molecule is COc1cc(C(=O)N[C@H]2C[C@@H](Nc3cc(C(F)(F)F)nc4ccc(Cl)cc34)CN(C(C)=O)C2)cc2cn(C(F)F)nc12. The molecule has 1 aliphatic rings. The van der Waals surface area contributed by atoms with Gasteiger partial charge in [0.1, 0.15) is 17.0 Å². The number of alkyl halides is 5. The maximum absolute atomic E-state index is 13.6. The van der Waals surface area contributed by atoms with Gasteiger partial charge in [0.05, 0.1) is 12.6 Å².